The monoisotopic (exact) mass is 281 g/mol. The summed E-state index contributed by atoms with van der Waals surface area (Å²) in [6, 6.07) is 7.67. The van der Waals surface area contributed by atoms with E-state index in [1.165, 1.54) is 12.8 Å². The maximum atomic E-state index is 11.9. The lowest BCUT2D eigenvalue weighted by molar-refractivity contribution is -0.121. The van der Waals surface area contributed by atoms with Gasteiger partial charge in [0, 0.05) is 11.1 Å². The molecule has 0 saturated heterocycles. The van der Waals surface area contributed by atoms with Crippen LogP contribution in [0.4, 0.5) is 0 Å². The zero-order valence-corrected chi connectivity index (χ0v) is 12.8. The van der Waals surface area contributed by atoms with Crippen LogP contribution in [0.15, 0.2) is 24.3 Å². The van der Waals surface area contributed by atoms with Crippen LogP contribution >= 0.6 is 11.6 Å². The third-order valence-electron chi connectivity index (χ3n) is 3.10. The van der Waals surface area contributed by atoms with Crippen molar-refractivity contribution in [2.45, 2.75) is 52.5 Å². The maximum absolute atomic E-state index is 11.9. The third kappa shape index (κ3) is 7.22. The summed E-state index contributed by atoms with van der Waals surface area (Å²) in [7, 11) is 0. The minimum absolute atomic E-state index is 0.0827. The number of carbonyl (C=O) groups excluding carboxylic acids is 1. The molecule has 0 aromatic heterocycles. The van der Waals surface area contributed by atoms with Crippen molar-refractivity contribution in [3.63, 3.8) is 0 Å². The van der Waals surface area contributed by atoms with Gasteiger partial charge in [0.2, 0.25) is 5.91 Å². The van der Waals surface area contributed by atoms with E-state index in [1.807, 2.05) is 24.3 Å². The smallest absolute Gasteiger partial charge is 0.224 e. The Morgan fingerprint density at radius 3 is 2.37 bits per heavy atom. The Labute approximate surface area is 121 Å². The second-order valence-corrected chi connectivity index (χ2v) is 6.03. The van der Waals surface area contributed by atoms with E-state index in [4.69, 9.17) is 11.6 Å². The van der Waals surface area contributed by atoms with Crippen LogP contribution in [0.1, 0.15) is 45.6 Å². The van der Waals surface area contributed by atoms with E-state index in [2.05, 4.69) is 26.1 Å². The highest BCUT2D eigenvalue weighted by Gasteiger charge is 2.08. The average molecular weight is 282 g/mol. The fraction of sp³-hybridized carbons (Fsp3) is 0.562. The van der Waals surface area contributed by atoms with Crippen molar-refractivity contribution in [3.8, 4) is 0 Å². The minimum Gasteiger partial charge on any atom is -0.353 e. The van der Waals surface area contributed by atoms with E-state index in [0.717, 1.165) is 17.9 Å². The molecule has 1 amide bonds. The fourth-order valence-corrected chi connectivity index (χ4v) is 2.14. The van der Waals surface area contributed by atoms with Crippen LogP contribution in [0.3, 0.4) is 0 Å². The maximum Gasteiger partial charge on any atom is 0.224 e. The Balaban J connectivity index is 2.28. The lowest BCUT2D eigenvalue weighted by atomic mass is 10.0. The highest BCUT2D eigenvalue weighted by atomic mass is 35.5. The molecule has 0 unspecified atom stereocenters. The summed E-state index contributed by atoms with van der Waals surface area (Å²) in [6.45, 7) is 6.52. The molecule has 0 fully saturated rings. The molecule has 0 aliphatic heterocycles. The van der Waals surface area contributed by atoms with Crippen molar-refractivity contribution in [2.24, 2.45) is 5.92 Å². The second kappa shape index (κ2) is 8.21. The van der Waals surface area contributed by atoms with Crippen LogP contribution in [0, 0.1) is 5.92 Å². The molecule has 0 radical (unpaired) electrons. The molecule has 19 heavy (non-hydrogen) atoms. The number of hydrogen-bond donors (Lipinski definition) is 1. The molecule has 0 bridgehead atoms. The lowest BCUT2D eigenvalue weighted by Crippen LogP contribution is -2.33. The first-order chi connectivity index (χ1) is 8.97. The molecule has 0 heterocycles. The van der Waals surface area contributed by atoms with Crippen molar-refractivity contribution in [1.82, 2.24) is 5.32 Å². The quantitative estimate of drug-likeness (QED) is 0.797. The Kier molecular flexibility index (Phi) is 6.93. The van der Waals surface area contributed by atoms with Gasteiger partial charge in [-0.15, -0.1) is 0 Å². The van der Waals surface area contributed by atoms with E-state index in [-0.39, 0.29) is 11.9 Å². The molecule has 1 aromatic rings. The Bertz CT molecular complexity index is 386. The average Bonchev–Trinajstić information content (AvgIpc) is 2.31. The molecule has 3 heteroatoms. The molecule has 1 N–H and O–H groups in total. The van der Waals surface area contributed by atoms with Crippen molar-refractivity contribution >= 4 is 17.5 Å². The zero-order valence-electron chi connectivity index (χ0n) is 12.1. The molecule has 0 saturated carbocycles. The molecule has 1 rings (SSSR count). The summed E-state index contributed by atoms with van der Waals surface area (Å²) in [5.74, 6) is 0.816. The standard InChI is InChI=1S/C16H24ClNO/c1-12(2)5-4-6-13(3)18-16(19)11-14-7-9-15(17)10-8-14/h7-10,12-13H,4-6,11H2,1-3H3,(H,18,19)/t13-/m0/s1. The molecule has 1 aromatic carbocycles. The fourth-order valence-electron chi connectivity index (χ4n) is 2.02. The highest BCUT2D eigenvalue weighted by Crippen LogP contribution is 2.11. The number of benzene rings is 1. The Morgan fingerprint density at radius 2 is 1.79 bits per heavy atom. The van der Waals surface area contributed by atoms with E-state index >= 15 is 0 Å². The van der Waals surface area contributed by atoms with Gasteiger partial charge in [0.05, 0.1) is 6.42 Å². The first-order valence-electron chi connectivity index (χ1n) is 7.01. The summed E-state index contributed by atoms with van der Waals surface area (Å²) >= 11 is 5.81. The van der Waals surface area contributed by atoms with Crippen LogP contribution in [-0.4, -0.2) is 11.9 Å². The molecular formula is C16H24ClNO. The lowest BCUT2D eigenvalue weighted by Gasteiger charge is -2.14. The second-order valence-electron chi connectivity index (χ2n) is 5.60. The number of nitrogens with one attached hydrogen (secondary N) is 1. The van der Waals surface area contributed by atoms with Crippen LogP contribution in [0.25, 0.3) is 0 Å². The van der Waals surface area contributed by atoms with Gasteiger partial charge in [-0.1, -0.05) is 50.4 Å². The molecule has 2 nitrogen and oxygen atoms in total. The SMILES string of the molecule is CC(C)CCC[C@H](C)NC(=O)Cc1ccc(Cl)cc1. The molecule has 0 aliphatic rings. The Hall–Kier alpha value is -1.02. The predicted molar refractivity (Wildman–Crippen MR) is 81.4 cm³/mol. The molecule has 0 spiro atoms. The van der Waals surface area contributed by atoms with Gasteiger partial charge in [0.25, 0.3) is 0 Å². The van der Waals surface area contributed by atoms with Crippen LogP contribution in [0.5, 0.6) is 0 Å². The molecule has 0 aliphatic carbocycles. The normalized spacial score (nSPS) is 12.5. The zero-order chi connectivity index (χ0) is 14.3. The summed E-state index contributed by atoms with van der Waals surface area (Å²) in [5, 5.41) is 3.74. The molecular weight excluding hydrogens is 258 g/mol. The van der Waals surface area contributed by atoms with Gasteiger partial charge in [0.15, 0.2) is 0 Å². The van der Waals surface area contributed by atoms with Gasteiger partial charge in [-0.3, -0.25) is 4.79 Å². The largest absolute Gasteiger partial charge is 0.353 e. The third-order valence-corrected chi connectivity index (χ3v) is 3.36. The van der Waals surface area contributed by atoms with Crippen molar-refractivity contribution in [1.29, 1.82) is 0 Å². The van der Waals surface area contributed by atoms with Crippen LogP contribution < -0.4 is 5.32 Å². The van der Waals surface area contributed by atoms with Crippen molar-refractivity contribution in [2.75, 3.05) is 0 Å². The number of halogens is 1. The minimum atomic E-state index is 0.0827. The summed E-state index contributed by atoms with van der Waals surface area (Å²) in [6.07, 6.45) is 3.85. The van der Waals surface area contributed by atoms with Crippen molar-refractivity contribution < 1.29 is 4.79 Å². The number of carbonyl (C=O) groups is 1. The number of hydrogen-bond acceptors (Lipinski definition) is 1. The Morgan fingerprint density at radius 1 is 1.16 bits per heavy atom. The van der Waals surface area contributed by atoms with Gasteiger partial charge in [-0.05, 0) is 37.0 Å². The van der Waals surface area contributed by atoms with Gasteiger partial charge in [-0.2, -0.15) is 0 Å². The predicted octanol–water partition coefficient (Wildman–Crippen LogP) is 4.21. The summed E-state index contributed by atoms with van der Waals surface area (Å²) in [5.41, 5.74) is 0.997. The summed E-state index contributed by atoms with van der Waals surface area (Å²) in [4.78, 5) is 11.9. The van der Waals surface area contributed by atoms with Crippen LogP contribution in [-0.2, 0) is 11.2 Å². The molecule has 1 atom stereocenters. The topological polar surface area (TPSA) is 29.1 Å². The van der Waals surface area contributed by atoms with Crippen molar-refractivity contribution in [3.05, 3.63) is 34.9 Å². The van der Waals surface area contributed by atoms with E-state index in [0.29, 0.717) is 11.4 Å². The van der Waals surface area contributed by atoms with Gasteiger partial charge < -0.3 is 5.32 Å². The van der Waals surface area contributed by atoms with E-state index < -0.39 is 0 Å². The van der Waals surface area contributed by atoms with E-state index in [1.54, 1.807) is 0 Å². The van der Waals surface area contributed by atoms with Gasteiger partial charge >= 0.3 is 0 Å². The van der Waals surface area contributed by atoms with E-state index in [9.17, 15) is 4.79 Å². The molecule has 106 valence electrons. The highest BCUT2D eigenvalue weighted by molar-refractivity contribution is 6.30. The van der Waals surface area contributed by atoms with Crippen LogP contribution in [0.2, 0.25) is 5.02 Å². The number of amides is 1. The first-order valence-corrected chi connectivity index (χ1v) is 7.39. The van der Waals surface area contributed by atoms with Gasteiger partial charge in [-0.25, -0.2) is 0 Å². The first kappa shape index (κ1) is 16.0. The number of rotatable bonds is 7. The van der Waals surface area contributed by atoms with Gasteiger partial charge in [0.1, 0.15) is 0 Å². The summed E-state index contributed by atoms with van der Waals surface area (Å²) < 4.78 is 0.